The summed E-state index contributed by atoms with van der Waals surface area (Å²) in [7, 11) is 0. The Bertz CT molecular complexity index is 1330. The SMILES string of the molecule is CC(C)CC(N[C@H](CCN1C(=O)c2cc3ccccc3cc2C1=O)C(=O)O)C(=O)NCc1cccc(N)c1. The van der Waals surface area contributed by atoms with E-state index in [0.29, 0.717) is 23.2 Å². The van der Waals surface area contributed by atoms with E-state index >= 15 is 0 Å². The Balaban J connectivity index is 1.43. The van der Waals surface area contributed by atoms with Gasteiger partial charge in [0, 0.05) is 18.8 Å². The zero-order valence-electron chi connectivity index (χ0n) is 21.4. The van der Waals surface area contributed by atoms with Crippen LogP contribution in [0.5, 0.6) is 0 Å². The Morgan fingerprint density at radius 1 is 0.921 bits per heavy atom. The van der Waals surface area contributed by atoms with Crippen LogP contribution in [0.3, 0.4) is 0 Å². The van der Waals surface area contributed by atoms with Crippen LogP contribution < -0.4 is 16.4 Å². The molecule has 0 radical (unpaired) electrons. The van der Waals surface area contributed by atoms with Crippen molar-refractivity contribution in [2.45, 2.75) is 45.3 Å². The third-order valence-corrected chi connectivity index (χ3v) is 6.62. The average molecular weight is 517 g/mol. The number of nitrogen functional groups attached to an aromatic ring is 1. The van der Waals surface area contributed by atoms with Gasteiger partial charge in [-0.3, -0.25) is 29.4 Å². The summed E-state index contributed by atoms with van der Waals surface area (Å²) in [5.74, 6) is -2.27. The third-order valence-electron chi connectivity index (χ3n) is 6.62. The van der Waals surface area contributed by atoms with Crippen molar-refractivity contribution >= 4 is 40.2 Å². The highest BCUT2D eigenvalue weighted by Gasteiger charge is 2.37. The maximum absolute atomic E-state index is 13.0. The van der Waals surface area contributed by atoms with Crippen LogP contribution in [0.4, 0.5) is 5.69 Å². The molecular formula is C29H32N4O5. The molecule has 0 saturated heterocycles. The number of nitrogens with two attached hydrogens (primary N) is 1. The molecule has 9 heteroatoms. The minimum absolute atomic E-state index is 0.0442. The minimum atomic E-state index is -1.16. The number of aliphatic carboxylic acids is 1. The molecule has 1 unspecified atom stereocenters. The molecule has 0 spiro atoms. The predicted molar refractivity (Wildman–Crippen MR) is 144 cm³/mol. The summed E-state index contributed by atoms with van der Waals surface area (Å²) in [6, 6.07) is 16.1. The highest BCUT2D eigenvalue weighted by molar-refractivity contribution is 6.23. The smallest absolute Gasteiger partial charge is 0.320 e. The van der Waals surface area contributed by atoms with E-state index in [1.165, 1.54) is 0 Å². The summed E-state index contributed by atoms with van der Waals surface area (Å²) in [4.78, 5) is 52.2. The van der Waals surface area contributed by atoms with Gasteiger partial charge in [-0.05, 0) is 59.4 Å². The van der Waals surface area contributed by atoms with Crippen molar-refractivity contribution < 1.29 is 24.3 Å². The lowest BCUT2D eigenvalue weighted by Gasteiger charge is -2.25. The van der Waals surface area contributed by atoms with E-state index < -0.39 is 29.9 Å². The normalized spacial score (nSPS) is 14.6. The van der Waals surface area contributed by atoms with E-state index in [-0.39, 0.29) is 31.3 Å². The molecule has 3 aromatic carbocycles. The Labute approximate surface area is 221 Å². The zero-order valence-corrected chi connectivity index (χ0v) is 21.4. The van der Waals surface area contributed by atoms with Gasteiger partial charge in [0.15, 0.2) is 0 Å². The maximum atomic E-state index is 13.0. The number of imide groups is 1. The first-order valence-electron chi connectivity index (χ1n) is 12.6. The molecule has 1 aliphatic rings. The van der Waals surface area contributed by atoms with Gasteiger partial charge in [-0.2, -0.15) is 0 Å². The Morgan fingerprint density at radius 3 is 2.11 bits per heavy atom. The van der Waals surface area contributed by atoms with E-state index in [4.69, 9.17) is 5.73 Å². The second-order valence-corrected chi connectivity index (χ2v) is 10.00. The van der Waals surface area contributed by atoms with Gasteiger partial charge in [0.1, 0.15) is 6.04 Å². The molecule has 1 heterocycles. The van der Waals surface area contributed by atoms with E-state index in [9.17, 15) is 24.3 Å². The maximum Gasteiger partial charge on any atom is 0.320 e. The molecule has 9 nitrogen and oxygen atoms in total. The van der Waals surface area contributed by atoms with E-state index in [2.05, 4.69) is 10.6 Å². The van der Waals surface area contributed by atoms with Crippen molar-refractivity contribution in [1.82, 2.24) is 15.5 Å². The van der Waals surface area contributed by atoms with Crippen LogP contribution in [-0.2, 0) is 16.1 Å². The number of benzene rings is 3. The largest absolute Gasteiger partial charge is 0.480 e. The first kappa shape index (κ1) is 26.8. The molecule has 0 aliphatic carbocycles. The molecule has 2 atom stereocenters. The fourth-order valence-corrected chi connectivity index (χ4v) is 4.70. The summed E-state index contributed by atoms with van der Waals surface area (Å²) in [6.07, 6.45) is 0.365. The molecule has 3 aromatic rings. The molecule has 198 valence electrons. The average Bonchev–Trinajstić information content (AvgIpc) is 3.11. The number of carboxylic acids is 1. The van der Waals surface area contributed by atoms with Crippen LogP contribution in [0.15, 0.2) is 60.7 Å². The topological polar surface area (TPSA) is 142 Å². The first-order valence-corrected chi connectivity index (χ1v) is 12.6. The van der Waals surface area contributed by atoms with E-state index in [1.807, 2.05) is 44.2 Å². The summed E-state index contributed by atoms with van der Waals surface area (Å²) in [5, 5.41) is 17.4. The van der Waals surface area contributed by atoms with Crippen molar-refractivity contribution in [2.24, 2.45) is 5.92 Å². The number of carbonyl (C=O) groups excluding carboxylic acids is 3. The van der Waals surface area contributed by atoms with Crippen LogP contribution in [0, 0.1) is 5.92 Å². The Morgan fingerprint density at radius 2 is 1.55 bits per heavy atom. The second kappa shape index (κ2) is 11.4. The lowest BCUT2D eigenvalue weighted by Crippen LogP contribution is -2.52. The molecule has 4 rings (SSSR count). The van der Waals surface area contributed by atoms with Crippen LogP contribution in [-0.4, -0.2) is 52.3 Å². The molecule has 0 aromatic heterocycles. The number of rotatable bonds is 11. The molecular weight excluding hydrogens is 484 g/mol. The van der Waals surface area contributed by atoms with Crippen molar-refractivity contribution in [3.8, 4) is 0 Å². The molecule has 3 amide bonds. The fraction of sp³-hybridized carbons (Fsp3) is 0.310. The number of carbonyl (C=O) groups is 4. The number of carboxylic acid groups (broad SMARTS) is 1. The standard InChI is InChI=1S/C29H32N4O5/c1-17(2)12-25(26(34)31-16-18-6-5-9-21(30)13-18)32-24(29(37)38)10-11-33-27(35)22-14-19-7-3-4-8-20(19)15-23(22)28(33)36/h3-9,13-15,17,24-25,32H,10-12,16,30H2,1-2H3,(H,31,34)(H,37,38)/t24-,25?/m1/s1. The third kappa shape index (κ3) is 6.00. The second-order valence-electron chi connectivity index (χ2n) is 10.00. The van der Waals surface area contributed by atoms with Crippen molar-refractivity contribution in [3.05, 3.63) is 77.4 Å². The summed E-state index contributed by atoms with van der Waals surface area (Å²) >= 11 is 0. The number of nitrogens with one attached hydrogen (secondary N) is 2. The zero-order chi connectivity index (χ0) is 27.4. The van der Waals surface area contributed by atoms with Gasteiger partial charge in [0.05, 0.1) is 17.2 Å². The monoisotopic (exact) mass is 516 g/mol. The lowest BCUT2D eigenvalue weighted by atomic mass is 10.0. The van der Waals surface area contributed by atoms with Gasteiger partial charge in [0.25, 0.3) is 11.8 Å². The Hall–Kier alpha value is -4.24. The first-order chi connectivity index (χ1) is 18.1. The molecule has 0 fully saturated rings. The van der Waals surface area contributed by atoms with Gasteiger partial charge >= 0.3 is 5.97 Å². The number of hydrogen-bond acceptors (Lipinski definition) is 6. The van der Waals surface area contributed by atoms with Gasteiger partial charge in [-0.15, -0.1) is 0 Å². The predicted octanol–water partition coefficient (Wildman–Crippen LogP) is 3.18. The van der Waals surface area contributed by atoms with Gasteiger partial charge in [0.2, 0.25) is 5.91 Å². The molecule has 5 N–H and O–H groups in total. The molecule has 0 bridgehead atoms. The number of nitrogens with zero attached hydrogens (tertiary/aromatic N) is 1. The molecule has 38 heavy (non-hydrogen) atoms. The van der Waals surface area contributed by atoms with Crippen LogP contribution in [0.25, 0.3) is 10.8 Å². The van der Waals surface area contributed by atoms with E-state index in [1.54, 1.807) is 30.3 Å². The molecule has 1 aliphatic heterocycles. The molecule has 0 saturated carbocycles. The minimum Gasteiger partial charge on any atom is -0.480 e. The quantitative estimate of drug-likeness (QED) is 0.226. The van der Waals surface area contributed by atoms with Gasteiger partial charge in [-0.1, -0.05) is 50.2 Å². The van der Waals surface area contributed by atoms with Gasteiger partial charge in [-0.25, -0.2) is 0 Å². The fourth-order valence-electron chi connectivity index (χ4n) is 4.70. The summed E-state index contributed by atoms with van der Waals surface area (Å²) in [6.45, 7) is 4.05. The number of anilines is 1. The van der Waals surface area contributed by atoms with Crippen molar-refractivity contribution in [1.29, 1.82) is 0 Å². The van der Waals surface area contributed by atoms with E-state index in [0.717, 1.165) is 21.2 Å². The number of fused-ring (bicyclic) bond motifs is 2. The highest BCUT2D eigenvalue weighted by atomic mass is 16.4. The van der Waals surface area contributed by atoms with Crippen LogP contribution in [0.2, 0.25) is 0 Å². The van der Waals surface area contributed by atoms with Crippen LogP contribution in [0.1, 0.15) is 53.0 Å². The van der Waals surface area contributed by atoms with Gasteiger partial charge < -0.3 is 16.2 Å². The summed E-state index contributed by atoms with van der Waals surface area (Å²) < 4.78 is 0. The van der Waals surface area contributed by atoms with Crippen molar-refractivity contribution in [2.75, 3.05) is 12.3 Å². The van der Waals surface area contributed by atoms with Crippen LogP contribution >= 0.6 is 0 Å². The number of amides is 3. The number of hydrogen-bond donors (Lipinski definition) is 4. The Kier molecular flexibility index (Phi) is 8.07. The lowest BCUT2D eigenvalue weighted by molar-refractivity contribution is -0.140. The highest BCUT2D eigenvalue weighted by Crippen LogP contribution is 2.28. The van der Waals surface area contributed by atoms with Crippen molar-refractivity contribution in [3.63, 3.8) is 0 Å². The summed E-state index contributed by atoms with van der Waals surface area (Å²) in [5.41, 5.74) is 7.84.